The van der Waals surface area contributed by atoms with Crippen molar-refractivity contribution in [1.29, 1.82) is 0 Å². The van der Waals surface area contributed by atoms with Crippen molar-refractivity contribution < 1.29 is 14.7 Å². The number of amides is 1. The van der Waals surface area contributed by atoms with Gasteiger partial charge in [-0.25, -0.2) is 4.79 Å². The Balaban J connectivity index is 2.60. The van der Waals surface area contributed by atoms with E-state index in [1.165, 1.54) is 6.92 Å². The molecule has 76 valence electrons. The van der Waals surface area contributed by atoms with Gasteiger partial charge in [-0.3, -0.25) is 4.79 Å². The number of aliphatic carboxylic acids is 1. The molecule has 5 nitrogen and oxygen atoms in total. The minimum Gasteiger partial charge on any atom is -0.480 e. The van der Waals surface area contributed by atoms with E-state index in [9.17, 15) is 9.59 Å². The number of hydrogen-bond acceptors (Lipinski definition) is 2. The summed E-state index contributed by atoms with van der Waals surface area (Å²) in [6.45, 7) is 1.54. The number of rotatable bonds is 4. The molecule has 5 heteroatoms. The van der Waals surface area contributed by atoms with Crippen molar-refractivity contribution in [3.63, 3.8) is 0 Å². The maximum atomic E-state index is 10.7. The zero-order valence-corrected chi connectivity index (χ0v) is 7.80. The fraction of sp³-hybridized carbons (Fsp3) is 0.333. The molecule has 2 N–H and O–H groups in total. The lowest BCUT2D eigenvalue weighted by Crippen LogP contribution is -2.42. The Morgan fingerprint density at radius 3 is 2.43 bits per heavy atom. The highest BCUT2D eigenvalue weighted by Gasteiger charge is 2.17. The molecule has 1 rings (SSSR count). The quantitative estimate of drug-likeness (QED) is 0.716. The van der Waals surface area contributed by atoms with Crippen LogP contribution in [0.4, 0.5) is 0 Å². The molecule has 0 radical (unpaired) electrons. The van der Waals surface area contributed by atoms with Crippen LogP contribution in [-0.4, -0.2) is 27.6 Å². The molecule has 1 aromatic heterocycles. The maximum Gasteiger partial charge on any atom is 0.328 e. The summed E-state index contributed by atoms with van der Waals surface area (Å²) in [5, 5.41) is 11.2. The molecule has 0 aromatic carbocycles. The van der Waals surface area contributed by atoms with Gasteiger partial charge in [-0.05, 0) is 12.1 Å². The Hall–Kier alpha value is -1.78. The third-order valence-electron chi connectivity index (χ3n) is 1.74. The molecule has 14 heavy (non-hydrogen) atoms. The highest BCUT2D eigenvalue weighted by molar-refractivity contribution is 5.81. The molecule has 1 amide bonds. The van der Waals surface area contributed by atoms with Crippen LogP contribution >= 0.6 is 0 Å². The number of carbonyl (C=O) groups is 2. The van der Waals surface area contributed by atoms with E-state index in [2.05, 4.69) is 5.32 Å². The summed E-state index contributed by atoms with van der Waals surface area (Å²) < 4.78 is 1.70. The molecular weight excluding hydrogens is 184 g/mol. The van der Waals surface area contributed by atoms with E-state index in [0.29, 0.717) is 0 Å². The van der Waals surface area contributed by atoms with E-state index in [0.717, 1.165) is 0 Å². The highest BCUT2D eigenvalue weighted by Crippen LogP contribution is 1.95. The normalized spacial score (nSPS) is 12.1. The molecule has 0 saturated heterocycles. The first-order valence-electron chi connectivity index (χ1n) is 4.20. The molecule has 1 atom stereocenters. The van der Waals surface area contributed by atoms with Crippen molar-refractivity contribution >= 4 is 11.9 Å². The molecule has 1 unspecified atom stereocenters. The Kier molecular flexibility index (Phi) is 3.28. The number of carbonyl (C=O) groups excluding carboxylic acids is 1. The number of carboxylic acids is 1. The summed E-state index contributed by atoms with van der Waals surface area (Å²) in [5.41, 5.74) is 0. The van der Waals surface area contributed by atoms with E-state index >= 15 is 0 Å². The van der Waals surface area contributed by atoms with Crippen LogP contribution in [0.3, 0.4) is 0 Å². The van der Waals surface area contributed by atoms with Gasteiger partial charge in [-0.2, -0.15) is 0 Å². The van der Waals surface area contributed by atoms with E-state index in [1.807, 2.05) is 0 Å². The van der Waals surface area contributed by atoms with Crippen LogP contribution in [0.25, 0.3) is 0 Å². The fourth-order valence-corrected chi connectivity index (χ4v) is 1.13. The average Bonchev–Trinajstić information content (AvgIpc) is 2.54. The Morgan fingerprint density at radius 1 is 1.43 bits per heavy atom. The second-order valence-corrected chi connectivity index (χ2v) is 2.97. The van der Waals surface area contributed by atoms with Gasteiger partial charge in [-0.1, -0.05) is 0 Å². The van der Waals surface area contributed by atoms with Crippen LogP contribution < -0.4 is 5.32 Å². The lowest BCUT2D eigenvalue weighted by atomic mass is 10.3. The number of nitrogens with zero attached hydrogens (tertiary/aromatic N) is 1. The van der Waals surface area contributed by atoms with Crippen LogP contribution in [0.2, 0.25) is 0 Å². The smallest absolute Gasteiger partial charge is 0.328 e. The van der Waals surface area contributed by atoms with Gasteiger partial charge in [0.05, 0.1) is 6.54 Å². The fourth-order valence-electron chi connectivity index (χ4n) is 1.13. The Labute approximate surface area is 81.3 Å². The summed E-state index contributed by atoms with van der Waals surface area (Å²) in [4.78, 5) is 21.4. The molecule has 0 aliphatic rings. The zero-order chi connectivity index (χ0) is 10.6. The first kappa shape index (κ1) is 10.3. The minimum absolute atomic E-state index is 0.238. The second kappa shape index (κ2) is 4.45. The largest absolute Gasteiger partial charge is 0.480 e. The van der Waals surface area contributed by atoms with Crippen LogP contribution in [0.5, 0.6) is 0 Å². The molecule has 1 heterocycles. The van der Waals surface area contributed by atoms with Gasteiger partial charge >= 0.3 is 5.97 Å². The predicted octanol–water partition coefficient (Wildman–Crippen LogP) is 0.0774. The van der Waals surface area contributed by atoms with Gasteiger partial charge < -0.3 is 15.0 Å². The van der Waals surface area contributed by atoms with Gasteiger partial charge in [0.25, 0.3) is 0 Å². The van der Waals surface area contributed by atoms with Gasteiger partial charge in [0, 0.05) is 19.3 Å². The first-order valence-corrected chi connectivity index (χ1v) is 4.20. The standard InChI is InChI=1S/C9H12N2O3/c1-7(12)10-8(9(13)14)6-11-4-2-3-5-11/h2-5,8H,6H2,1H3,(H,10,12)(H,13,14). The Bertz CT molecular complexity index is 319. The molecule has 0 bridgehead atoms. The Morgan fingerprint density at radius 2 is 2.00 bits per heavy atom. The molecule has 0 spiro atoms. The molecule has 0 aliphatic heterocycles. The number of aromatic nitrogens is 1. The molecule has 1 aromatic rings. The SMILES string of the molecule is CC(=O)NC(Cn1cccc1)C(=O)O. The first-order chi connectivity index (χ1) is 6.59. The number of hydrogen-bond donors (Lipinski definition) is 2. The van der Waals surface area contributed by atoms with Gasteiger partial charge in [0.15, 0.2) is 0 Å². The van der Waals surface area contributed by atoms with Crippen molar-refractivity contribution in [3.05, 3.63) is 24.5 Å². The molecule has 0 aliphatic carbocycles. The monoisotopic (exact) mass is 196 g/mol. The van der Waals surface area contributed by atoms with Crippen molar-refractivity contribution in [2.75, 3.05) is 0 Å². The van der Waals surface area contributed by atoms with Crippen LogP contribution in [0, 0.1) is 0 Å². The number of carboxylic acid groups (broad SMARTS) is 1. The lowest BCUT2D eigenvalue weighted by molar-refractivity contribution is -0.141. The topological polar surface area (TPSA) is 71.3 Å². The van der Waals surface area contributed by atoms with Gasteiger partial charge in [0.2, 0.25) is 5.91 Å². The van der Waals surface area contributed by atoms with Crippen molar-refractivity contribution in [1.82, 2.24) is 9.88 Å². The molecule has 0 saturated carbocycles. The van der Waals surface area contributed by atoms with Crippen molar-refractivity contribution in [3.8, 4) is 0 Å². The van der Waals surface area contributed by atoms with Crippen LogP contribution in [-0.2, 0) is 16.1 Å². The summed E-state index contributed by atoms with van der Waals surface area (Å²) in [6, 6.07) is 2.72. The number of nitrogens with one attached hydrogen (secondary N) is 1. The average molecular weight is 196 g/mol. The lowest BCUT2D eigenvalue weighted by Gasteiger charge is -2.13. The summed E-state index contributed by atoms with van der Waals surface area (Å²) in [5.74, 6) is -1.38. The summed E-state index contributed by atoms with van der Waals surface area (Å²) in [6.07, 6.45) is 3.50. The van der Waals surface area contributed by atoms with E-state index in [4.69, 9.17) is 5.11 Å². The van der Waals surface area contributed by atoms with E-state index in [1.54, 1.807) is 29.1 Å². The van der Waals surface area contributed by atoms with Gasteiger partial charge in [-0.15, -0.1) is 0 Å². The van der Waals surface area contributed by atoms with Crippen molar-refractivity contribution in [2.24, 2.45) is 0 Å². The van der Waals surface area contributed by atoms with Crippen LogP contribution in [0.15, 0.2) is 24.5 Å². The maximum absolute atomic E-state index is 10.7. The van der Waals surface area contributed by atoms with Crippen molar-refractivity contribution in [2.45, 2.75) is 19.5 Å². The van der Waals surface area contributed by atoms with E-state index < -0.39 is 12.0 Å². The van der Waals surface area contributed by atoms with Crippen LogP contribution in [0.1, 0.15) is 6.92 Å². The molecule has 0 fully saturated rings. The summed E-state index contributed by atoms with van der Waals surface area (Å²) in [7, 11) is 0. The third kappa shape index (κ3) is 2.93. The predicted molar refractivity (Wildman–Crippen MR) is 49.7 cm³/mol. The second-order valence-electron chi connectivity index (χ2n) is 2.97. The molecular formula is C9H12N2O3. The van der Waals surface area contributed by atoms with E-state index in [-0.39, 0.29) is 12.5 Å². The minimum atomic E-state index is -1.03. The highest BCUT2D eigenvalue weighted by atomic mass is 16.4. The zero-order valence-electron chi connectivity index (χ0n) is 7.80. The van der Waals surface area contributed by atoms with Gasteiger partial charge in [0.1, 0.15) is 6.04 Å². The third-order valence-corrected chi connectivity index (χ3v) is 1.74. The summed E-state index contributed by atoms with van der Waals surface area (Å²) >= 11 is 0.